The van der Waals surface area contributed by atoms with Crippen LogP contribution in [0.4, 0.5) is 4.39 Å². The van der Waals surface area contributed by atoms with Crippen LogP contribution in [0.1, 0.15) is 22.3 Å². The summed E-state index contributed by atoms with van der Waals surface area (Å²) in [6, 6.07) is 17.4. The number of aryl methyl sites for hydroxylation is 1. The lowest BCUT2D eigenvalue weighted by Crippen LogP contribution is -2.19. The highest BCUT2D eigenvalue weighted by molar-refractivity contribution is 9.10. The van der Waals surface area contributed by atoms with Gasteiger partial charge in [-0.1, -0.05) is 42.0 Å². The summed E-state index contributed by atoms with van der Waals surface area (Å²) in [7, 11) is 1.56. The number of hydrogen-bond donors (Lipinski definition) is 1. The predicted octanol–water partition coefficient (Wildman–Crippen LogP) is 5.18. The van der Waals surface area contributed by atoms with E-state index in [1.54, 1.807) is 31.4 Å². The number of halogens is 2. The Morgan fingerprint density at radius 2 is 1.74 bits per heavy atom. The standard InChI is InChI=1S/C24H22BrFN2O3/c1-16-3-5-18(6-4-16)15-31-23-13-21(25)19(12-22(23)30-2)14-27-28-24(29)11-17-7-9-20(26)10-8-17/h3-10,12-14H,11,15H2,1-2H3,(H,28,29)/b27-14+. The highest BCUT2D eigenvalue weighted by Gasteiger charge is 2.10. The smallest absolute Gasteiger partial charge is 0.244 e. The number of hydrogen-bond acceptors (Lipinski definition) is 4. The average molecular weight is 485 g/mol. The Balaban J connectivity index is 1.62. The van der Waals surface area contributed by atoms with Crippen molar-refractivity contribution in [1.82, 2.24) is 5.43 Å². The molecule has 3 aromatic carbocycles. The van der Waals surface area contributed by atoms with E-state index in [9.17, 15) is 9.18 Å². The number of amides is 1. The van der Waals surface area contributed by atoms with Crippen LogP contribution in [-0.4, -0.2) is 19.2 Å². The Hall–Kier alpha value is -3.19. The van der Waals surface area contributed by atoms with Crippen LogP contribution in [0.25, 0.3) is 0 Å². The van der Waals surface area contributed by atoms with Crippen LogP contribution in [0.15, 0.2) is 70.2 Å². The van der Waals surface area contributed by atoms with Gasteiger partial charge >= 0.3 is 0 Å². The molecule has 160 valence electrons. The fourth-order valence-corrected chi connectivity index (χ4v) is 3.19. The van der Waals surface area contributed by atoms with E-state index >= 15 is 0 Å². The number of hydrazone groups is 1. The van der Waals surface area contributed by atoms with Crippen molar-refractivity contribution in [1.29, 1.82) is 0 Å². The first kappa shape index (κ1) is 22.5. The van der Waals surface area contributed by atoms with E-state index in [1.165, 1.54) is 23.9 Å². The SMILES string of the molecule is COc1cc(/C=N/NC(=O)Cc2ccc(F)cc2)c(Br)cc1OCc1ccc(C)cc1. The minimum atomic E-state index is -0.340. The van der Waals surface area contributed by atoms with Gasteiger partial charge in [0.05, 0.1) is 19.7 Å². The molecule has 3 rings (SSSR count). The van der Waals surface area contributed by atoms with Gasteiger partial charge in [-0.2, -0.15) is 5.10 Å². The minimum Gasteiger partial charge on any atom is -0.493 e. The topological polar surface area (TPSA) is 59.9 Å². The molecule has 3 aromatic rings. The van der Waals surface area contributed by atoms with Crippen molar-refractivity contribution in [2.75, 3.05) is 7.11 Å². The van der Waals surface area contributed by atoms with Crippen molar-refractivity contribution in [3.05, 3.63) is 93.2 Å². The molecule has 5 nitrogen and oxygen atoms in total. The first-order chi connectivity index (χ1) is 14.9. The van der Waals surface area contributed by atoms with Crippen LogP contribution < -0.4 is 14.9 Å². The molecule has 0 radical (unpaired) electrons. The molecule has 1 amide bonds. The van der Waals surface area contributed by atoms with Crippen LogP contribution >= 0.6 is 15.9 Å². The Morgan fingerprint density at radius 3 is 2.42 bits per heavy atom. The zero-order chi connectivity index (χ0) is 22.2. The Kier molecular flexibility index (Phi) is 7.78. The van der Waals surface area contributed by atoms with Crippen molar-refractivity contribution in [2.45, 2.75) is 20.0 Å². The number of ether oxygens (including phenoxy) is 2. The van der Waals surface area contributed by atoms with Crippen LogP contribution in [-0.2, 0) is 17.8 Å². The summed E-state index contributed by atoms with van der Waals surface area (Å²) in [5, 5.41) is 4.00. The molecular weight excluding hydrogens is 463 g/mol. The summed E-state index contributed by atoms with van der Waals surface area (Å²) in [5.41, 5.74) is 6.13. The first-order valence-electron chi connectivity index (χ1n) is 9.57. The van der Waals surface area contributed by atoms with E-state index in [0.717, 1.165) is 10.0 Å². The second-order valence-electron chi connectivity index (χ2n) is 6.90. The van der Waals surface area contributed by atoms with Gasteiger partial charge in [0.25, 0.3) is 0 Å². The molecule has 0 bridgehead atoms. The first-order valence-corrected chi connectivity index (χ1v) is 10.4. The van der Waals surface area contributed by atoms with Gasteiger partial charge in [0.2, 0.25) is 5.91 Å². The lowest BCUT2D eigenvalue weighted by molar-refractivity contribution is -0.120. The highest BCUT2D eigenvalue weighted by atomic mass is 79.9. The highest BCUT2D eigenvalue weighted by Crippen LogP contribution is 2.33. The largest absolute Gasteiger partial charge is 0.493 e. The van der Waals surface area contributed by atoms with Crippen molar-refractivity contribution >= 4 is 28.1 Å². The van der Waals surface area contributed by atoms with Gasteiger partial charge in [-0.05, 0) is 58.2 Å². The van der Waals surface area contributed by atoms with Gasteiger partial charge in [0, 0.05) is 10.0 Å². The number of carbonyl (C=O) groups excluding carboxylic acids is 1. The molecule has 0 aliphatic carbocycles. The summed E-state index contributed by atoms with van der Waals surface area (Å²) in [6.45, 7) is 2.45. The van der Waals surface area contributed by atoms with Gasteiger partial charge in [-0.25, -0.2) is 9.82 Å². The Morgan fingerprint density at radius 1 is 1.06 bits per heavy atom. The third kappa shape index (κ3) is 6.65. The molecule has 0 aliphatic heterocycles. The lowest BCUT2D eigenvalue weighted by atomic mass is 10.1. The number of methoxy groups -OCH3 is 1. The van der Waals surface area contributed by atoms with E-state index in [0.29, 0.717) is 29.2 Å². The van der Waals surface area contributed by atoms with Gasteiger partial charge < -0.3 is 9.47 Å². The molecule has 31 heavy (non-hydrogen) atoms. The zero-order valence-electron chi connectivity index (χ0n) is 17.2. The van der Waals surface area contributed by atoms with Gasteiger partial charge in [-0.3, -0.25) is 4.79 Å². The third-order valence-corrected chi connectivity index (χ3v) is 5.16. The molecule has 7 heteroatoms. The molecular formula is C24H22BrFN2O3. The van der Waals surface area contributed by atoms with Crippen LogP contribution in [0.2, 0.25) is 0 Å². The predicted molar refractivity (Wildman–Crippen MR) is 122 cm³/mol. The van der Waals surface area contributed by atoms with Crippen LogP contribution in [0.3, 0.4) is 0 Å². The maximum absolute atomic E-state index is 12.9. The van der Waals surface area contributed by atoms with Crippen LogP contribution in [0, 0.1) is 12.7 Å². The van der Waals surface area contributed by atoms with Gasteiger partial charge in [0.15, 0.2) is 11.5 Å². The zero-order valence-corrected chi connectivity index (χ0v) is 18.8. The van der Waals surface area contributed by atoms with E-state index in [4.69, 9.17) is 9.47 Å². The molecule has 0 spiro atoms. The van der Waals surface area contributed by atoms with Crippen LogP contribution in [0.5, 0.6) is 11.5 Å². The maximum atomic E-state index is 12.9. The van der Waals surface area contributed by atoms with Crippen molar-refractivity contribution in [3.63, 3.8) is 0 Å². The fourth-order valence-electron chi connectivity index (χ4n) is 2.77. The molecule has 0 fully saturated rings. The second kappa shape index (κ2) is 10.7. The van der Waals surface area contributed by atoms with E-state index in [-0.39, 0.29) is 18.1 Å². The normalized spacial score (nSPS) is 10.8. The van der Waals surface area contributed by atoms with Gasteiger partial charge in [0.1, 0.15) is 12.4 Å². The molecule has 0 aromatic heterocycles. The second-order valence-corrected chi connectivity index (χ2v) is 7.75. The lowest BCUT2D eigenvalue weighted by Gasteiger charge is -2.13. The summed E-state index contributed by atoms with van der Waals surface area (Å²) in [6.07, 6.45) is 1.62. The Labute approximate surface area is 189 Å². The fraction of sp³-hybridized carbons (Fsp3) is 0.167. The van der Waals surface area contributed by atoms with Crippen molar-refractivity contribution in [3.8, 4) is 11.5 Å². The molecule has 0 heterocycles. The van der Waals surface area contributed by atoms with Gasteiger partial charge in [-0.15, -0.1) is 0 Å². The molecule has 0 aliphatic rings. The summed E-state index contributed by atoms with van der Waals surface area (Å²) >= 11 is 3.50. The number of rotatable bonds is 8. The molecule has 0 saturated carbocycles. The monoisotopic (exact) mass is 484 g/mol. The Bertz CT molecular complexity index is 1070. The summed E-state index contributed by atoms with van der Waals surface area (Å²) in [4.78, 5) is 12.0. The van der Waals surface area contributed by atoms with E-state index < -0.39 is 0 Å². The quantitative estimate of drug-likeness (QED) is 0.354. The third-order valence-electron chi connectivity index (χ3n) is 4.47. The number of carbonyl (C=O) groups is 1. The van der Waals surface area contributed by atoms with E-state index in [2.05, 4.69) is 26.5 Å². The molecule has 0 saturated heterocycles. The molecule has 0 atom stereocenters. The number of benzene rings is 3. The maximum Gasteiger partial charge on any atom is 0.244 e. The average Bonchev–Trinajstić information content (AvgIpc) is 2.76. The number of nitrogens with one attached hydrogen (secondary N) is 1. The number of nitrogens with zero attached hydrogens (tertiary/aromatic N) is 1. The van der Waals surface area contributed by atoms with E-state index in [1.807, 2.05) is 31.2 Å². The summed E-state index contributed by atoms with van der Waals surface area (Å²) < 4.78 is 25.0. The van der Waals surface area contributed by atoms with Crippen molar-refractivity contribution < 1.29 is 18.7 Å². The van der Waals surface area contributed by atoms with Crippen molar-refractivity contribution in [2.24, 2.45) is 5.10 Å². The summed E-state index contributed by atoms with van der Waals surface area (Å²) in [5.74, 6) is 0.498. The molecule has 0 unspecified atom stereocenters. The molecule has 1 N–H and O–H groups in total. The minimum absolute atomic E-state index is 0.105.